The number of carbonyl (C=O) groups is 1. The van der Waals surface area contributed by atoms with Gasteiger partial charge in [-0.15, -0.1) is 0 Å². The molecule has 0 atom stereocenters. The van der Waals surface area contributed by atoms with Crippen molar-refractivity contribution in [1.82, 2.24) is 15.4 Å². The molecule has 4 aromatic rings. The van der Waals surface area contributed by atoms with Gasteiger partial charge in [0.1, 0.15) is 28.6 Å². The van der Waals surface area contributed by atoms with Crippen LogP contribution in [-0.4, -0.2) is 62.1 Å². The lowest BCUT2D eigenvalue weighted by Crippen LogP contribution is -2.47. The molecule has 0 bridgehead atoms. The van der Waals surface area contributed by atoms with Crippen molar-refractivity contribution in [2.45, 2.75) is 19.3 Å². The van der Waals surface area contributed by atoms with Crippen molar-refractivity contribution in [3.8, 4) is 17.0 Å². The van der Waals surface area contributed by atoms with Crippen molar-refractivity contribution in [1.29, 1.82) is 0 Å². The van der Waals surface area contributed by atoms with E-state index in [0.29, 0.717) is 48.8 Å². The Kier molecular flexibility index (Phi) is 9.59. The minimum absolute atomic E-state index is 0.185. The maximum atomic E-state index is 13.6. The van der Waals surface area contributed by atoms with E-state index in [-0.39, 0.29) is 11.7 Å². The van der Waals surface area contributed by atoms with Crippen LogP contribution >= 0.6 is 0 Å². The normalized spacial score (nSPS) is 13.8. The summed E-state index contributed by atoms with van der Waals surface area (Å²) in [6, 6.07) is 23.9. The molecule has 0 radical (unpaired) electrons. The highest BCUT2D eigenvalue weighted by molar-refractivity contribution is 6.00. The van der Waals surface area contributed by atoms with E-state index < -0.39 is 12.7 Å². The number of carbonyl (C=O) groups excluding carboxylic acids is 1. The number of halogens is 2. The first kappa shape index (κ1) is 28.3. The number of rotatable bonds is 12. The number of hydrogen-bond acceptors (Lipinski definition) is 6. The van der Waals surface area contributed by atoms with E-state index in [1.807, 2.05) is 48.5 Å². The number of hydrogen-bond donors (Lipinski definition) is 1. The number of piperazine rings is 1. The number of aromatic nitrogens is 1. The number of benzene rings is 3. The lowest BCUT2D eigenvalue weighted by Gasteiger charge is -2.36. The third-order valence-corrected chi connectivity index (χ3v) is 7.30. The van der Waals surface area contributed by atoms with E-state index in [4.69, 9.17) is 9.26 Å². The van der Waals surface area contributed by atoms with Gasteiger partial charge in [0.15, 0.2) is 0 Å². The quantitative estimate of drug-likeness (QED) is 0.230. The smallest absolute Gasteiger partial charge is 0.257 e. The molecule has 1 fully saturated rings. The second-order valence-electron chi connectivity index (χ2n) is 9.98. The van der Waals surface area contributed by atoms with E-state index in [1.165, 1.54) is 17.7 Å². The average Bonchev–Trinajstić information content (AvgIpc) is 3.44. The first-order valence-electron chi connectivity index (χ1n) is 13.9. The van der Waals surface area contributed by atoms with Gasteiger partial charge in [0, 0.05) is 50.8 Å². The zero-order chi connectivity index (χ0) is 28.4. The lowest BCUT2D eigenvalue weighted by molar-refractivity contribution is 0.0950. The van der Waals surface area contributed by atoms with Crippen LogP contribution < -0.4 is 15.0 Å². The molecular weight excluding hydrogens is 526 g/mol. The third kappa shape index (κ3) is 7.29. The minimum atomic E-state index is -1.00. The second-order valence-corrected chi connectivity index (χ2v) is 9.98. The van der Waals surface area contributed by atoms with E-state index in [2.05, 4.69) is 32.4 Å². The Morgan fingerprint density at radius 2 is 1.68 bits per heavy atom. The highest BCUT2D eigenvalue weighted by Crippen LogP contribution is 2.30. The van der Waals surface area contributed by atoms with Crippen molar-refractivity contribution in [2.75, 3.05) is 51.0 Å². The third-order valence-electron chi connectivity index (χ3n) is 7.30. The lowest BCUT2D eigenvalue weighted by atomic mass is 10.0. The van der Waals surface area contributed by atoms with Crippen molar-refractivity contribution in [2.24, 2.45) is 0 Å². The molecule has 1 aromatic heterocycles. The molecule has 7 nitrogen and oxygen atoms in total. The Labute approximate surface area is 238 Å². The van der Waals surface area contributed by atoms with Crippen LogP contribution in [0.2, 0.25) is 0 Å². The molecule has 0 aliphatic carbocycles. The van der Waals surface area contributed by atoms with Gasteiger partial charge in [0.25, 0.3) is 5.91 Å². The predicted molar refractivity (Wildman–Crippen MR) is 154 cm³/mol. The number of aryl methyl sites for hydroxylation is 2. The fourth-order valence-electron chi connectivity index (χ4n) is 5.15. The molecule has 1 saturated heterocycles. The summed E-state index contributed by atoms with van der Waals surface area (Å²) in [4.78, 5) is 17.8. The molecule has 2 heterocycles. The molecule has 5 rings (SSSR count). The number of amides is 1. The molecule has 0 spiro atoms. The van der Waals surface area contributed by atoms with E-state index in [0.717, 1.165) is 38.0 Å². The molecule has 1 amide bonds. The van der Waals surface area contributed by atoms with Crippen molar-refractivity contribution in [3.05, 3.63) is 102 Å². The molecule has 214 valence electrons. The molecular formula is C32H34F2N4O3. The highest BCUT2D eigenvalue weighted by Gasteiger charge is 2.24. The standard InChI is InChI=1S/C32H34F2N4O3/c33-23-40-29-22-26(34)13-14-27(29)38-20-18-37(19-21-38)17-7-16-35-32(39)30-28(15-12-24-8-3-1-4-9-24)41-36-31(30)25-10-5-2-6-11-25/h1-6,8-11,13-14,22H,7,12,15-21,23H2,(H,35,39). The van der Waals surface area contributed by atoms with Crippen LogP contribution in [0.3, 0.4) is 0 Å². The van der Waals surface area contributed by atoms with Crippen LogP contribution in [0.5, 0.6) is 5.75 Å². The van der Waals surface area contributed by atoms with Crippen LogP contribution in [0.4, 0.5) is 14.5 Å². The number of ether oxygens (including phenoxy) is 1. The molecule has 1 N–H and O–H groups in total. The zero-order valence-electron chi connectivity index (χ0n) is 22.9. The van der Waals surface area contributed by atoms with Crippen molar-refractivity contribution >= 4 is 11.6 Å². The van der Waals surface area contributed by atoms with E-state index >= 15 is 0 Å². The SMILES string of the molecule is O=C(NCCCN1CCN(c2ccc(F)cc2OCF)CC1)c1c(-c2ccccc2)noc1CCc1ccccc1. The van der Waals surface area contributed by atoms with Gasteiger partial charge in [-0.05, 0) is 37.1 Å². The monoisotopic (exact) mass is 560 g/mol. The highest BCUT2D eigenvalue weighted by atomic mass is 19.1. The van der Waals surface area contributed by atoms with Crippen LogP contribution in [0.25, 0.3) is 11.3 Å². The van der Waals surface area contributed by atoms with E-state index in [1.54, 1.807) is 6.07 Å². The summed E-state index contributed by atoms with van der Waals surface area (Å²) < 4.78 is 37.1. The van der Waals surface area contributed by atoms with Crippen LogP contribution in [0, 0.1) is 5.82 Å². The summed E-state index contributed by atoms with van der Waals surface area (Å²) in [5, 5.41) is 7.35. The summed E-state index contributed by atoms with van der Waals surface area (Å²) in [6.07, 6.45) is 2.10. The maximum absolute atomic E-state index is 13.6. The molecule has 1 aliphatic heterocycles. The second kappa shape index (κ2) is 13.9. The number of anilines is 1. The minimum Gasteiger partial charge on any atom is -0.461 e. The summed E-state index contributed by atoms with van der Waals surface area (Å²) >= 11 is 0. The van der Waals surface area contributed by atoms with Crippen LogP contribution in [-0.2, 0) is 12.8 Å². The summed E-state index contributed by atoms with van der Waals surface area (Å²) in [5.41, 5.74) is 3.75. The first-order valence-corrected chi connectivity index (χ1v) is 13.9. The summed E-state index contributed by atoms with van der Waals surface area (Å²) in [6.45, 7) is 3.36. The molecule has 9 heteroatoms. The Hall–Kier alpha value is -4.24. The number of nitrogens with one attached hydrogen (secondary N) is 1. The molecule has 0 unspecified atom stereocenters. The van der Waals surface area contributed by atoms with Gasteiger partial charge >= 0.3 is 0 Å². The van der Waals surface area contributed by atoms with Crippen LogP contribution in [0.15, 0.2) is 83.4 Å². The molecule has 1 aliphatic rings. The van der Waals surface area contributed by atoms with Gasteiger partial charge in [0.05, 0.1) is 5.69 Å². The van der Waals surface area contributed by atoms with Crippen molar-refractivity contribution < 1.29 is 22.8 Å². The van der Waals surface area contributed by atoms with Gasteiger partial charge in [0.2, 0.25) is 6.86 Å². The molecule has 3 aromatic carbocycles. The fourth-order valence-corrected chi connectivity index (χ4v) is 5.15. The van der Waals surface area contributed by atoms with Crippen molar-refractivity contribution in [3.63, 3.8) is 0 Å². The van der Waals surface area contributed by atoms with E-state index in [9.17, 15) is 13.6 Å². The molecule has 0 saturated carbocycles. The fraction of sp³-hybridized carbons (Fsp3) is 0.312. The number of alkyl halides is 1. The Morgan fingerprint density at radius 3 is 2.41 bits per heavy atom. The number of nitrogens with zero attached hydrogens (tertiary/aromatic N) is 3. The zero-order valence-corrected chi connectivity index (χ0v) is 22.9. The Morgan fingerprint density at radius 1 is 0.951 bits per heavy atom. The van der Waals surface area contributed by atoms with Gasteiger partial charge in [-0.25, -0.2) is 8.78 Å². The topological polar surface area (TPSA) is 70.8 Å². The first-order chi connectivity index (χ1) is 20.1. The van der Waals surface area contributed by atoms with Gasteiger partial charge in [-0.1, -0.05) is 65.8 Å². The Bertz CT molecular complexity index is 1410. The molecule has 41 heavy (non-hydrogen) atoms. The van der Waals surface area contributed by atoms with Crippen LogP contribution in [0.1, 0.15) is 28.1 Å². The van der Waals surface area contributed by atoms with Gasteiger partial charge in [-0.2, -0.15) is 0 Å². The predicted octanol–water partition coefficient (Wildman–Crippen LogP) is 5.51. The summed E-state index contributed by atoms with van der Waals surface area (Å²) in [7, 11) is 0. The maximum Gasteiger partial charge on any atom is 0.257 e. The largest absolute Gasteiger partial charge is 0.461 e. The van der Waals surface area contributed by atoms with Gasteiger partial charge < -0.3 is 19.5 Å². The summed E-state index contributed by atoms with van der Waals surface area (Å²) in [5.74, 6) is 0.159. The van der Waals surface area contributed by atoms with Gasteiger partial charge in [-0.3, -0.25) is 9.69 Å². The Balaban J connectivity index is 1.15. The average molecular weight is 561 g/mol.